The van der Waals surface area contributed by atoms with Crippen molar-refractivity contribution in [3.8, 4) is 0 Å². The smallest absolute Gasteiger partial charge is 0.351 e. The van der Waals surface area contributed by atoms with E-state index < -0.39 is 5.67 Å². The molecule has 1 saturated carbocycles. The number of aryl methyl sites for hydroxylation is 2. The zero-order valence-corrected chi connectivity index (χ0v) is 15.7. The van der Waals surface area contributed by atoms with Crippen molar-refractivity contribution in [3.05, 3.63) is 37.3 Å². The second-order valence-electron chi connectivity index (χ2n) is 7.21. The Kier molecular flexibility index (Phi) is 3.14. The standard InChI is InChI=1S/C17H19FN6OS/c1-9-10(2)24-15(21-22(3)16(24)25)20-13(9)23-7-4-11-12(8-23)26-14(19-11)17(18)5-6-17/h4-8H2,1-3H3. The monoisotopic (exact) mass is 374 g/mol. The molecule has 136 valence electrons. The van der Waals surface area contributed by atoms with Crippen LogP contribution >= 0.6 is 11.3 Å². The first-order valence-corrected chi connectivity index (χ1v) is 9.55. The Morgan fingerprint density at radius 1 is 1.23 bits per heavy atom. The molecule has 3 aromatic rings. The maximum Gasteiger partial charge on any atom is 0.351 e. The normalized spacial score (nSPS) is 18.4. The Labute approximate surface area is 153 Å². The second-order valence-corrected chi connectivity index (χ2v) is 8.30. The Hall–Kier alpha value is -2.29. The van der Waals surface area contributed by atoms with Crippen LogP contribution in [0.15, 0.2) is 4.79 Å². The summed E-state index contributed by atoms with van der Waals surface area (Å²) in [6.07, 6.45) is 1.96. The van der Waals surface area contributed by atoms with Gasteiger partial charge < -0.3 is 4.90 Å². The van der Waals surface area contributed by atoms with Gasteiger partial charge in [0, 0.05) is 36.1 Å². The number of rotatable bonds is 2. The molecule has 0 radical (unpaired) electrons. The first-order valence-electron chi connectivity index (χ1n) is 8.73. The molecule has 0 unspecified atom stereocenters. The van der Waals surface area contributed by atoms with Crippen LogP contribution in [-0.2, 0) is 25.7 Å². The zero-order chi connectivity index (χ0) is 18.2. The SMILES string of the molecule is Cc1c(N2CCc3nc(C4(F)CC4)sc3C2)nc2nn(C)c(=O)n2c1C. The van der Waals surface area contributed by atoms with Crippen LogP contribution in [0.5, 0.6) is 0 Å². The minimum absolute atomic E-state index is 0.189. The lowest BCUT2D eigenvalue weighted by Gasteiger charge is -2.28. The fourth-order valence-corrected chi connectivity index (χ4v) is 4.79. The lowest BCUT2D eigenvalue weighted by molar-refractivity contribution is 0.316. The molecule has 0 bridgehead atoms. The van der Waals surface area contributed by atoms with Crippen LogP contribution < -0.4 is 10.6 Å². The van der Waals surface area contributed by atoms with Crippen molar-refractivity contribution < 1.29 is 4.39 Å². The predicted molar refractivity (Wildman–Crippen MR) is 96.6 cm³/mol. The molecule has 0 saturated heterocycles. The van der Waals surface area contributed by atoms with Gasteiger partial charge in [0.25, 0.3) is 5.78 Å². The summed E-state index contributed by atoms with van der Waals surface area (Å²) >= 11 is 1.49. The molecular weight excluding hydrogens is 355 g/mol. The third-order valence-corrected chi connectivity index (χ3v) is 6.69. The molecule has 0 spiro atoms. The Morgan fingerprint density at radius 2 is 2.00 bits per heavy atom. The molecule has 3 aromatic heterocycles. The number of thiazole rings is 1. The molecule has 0 amide bonds. The van der Waals surface area contributed by atoms with Crippen molar-refractivity contribution in [1.82, 2.24) is 24.1 Å². The van der Waals surface area contributed by atoms with Gasteiger partial charge in [-0.25, -0.2) is 23.3 Å². The molecular formula is C17H19FN6OS. The average molecular weight is 374 g/mol. The molecule has 2 aliphatic rings. The topological polar surface area (TPSA) is 68.3 Å². The first-order chi connectivity index (χ1) is 12.4. The third-order valence-electron chi connectivity index (χ3n) is 5.43. The van der Waals surface area contributed by atoms with E-state index in [2.05, 4.69) is 20.0 Å². The number of anilines is 1. The molecule has 1 aliphatic carbocycles. The van der Waals surface area contributed by atoms with Crippen molar-refractivity contribution in [3.63, 3.8) is 0 Å². The number of halogens is 1. The average Bonchev–Trinajstić information content (AvgIpc) is 3.11. The number of hydrogen-bond donors (Lipinski definition) is 0. The fraction of sp³-hybridized carbons (Fsp3) is 0.529. The maximum atomic E-state index is 14.3. The Bertz CT molecular complexity index is 1110. The quantitative estimate of drug-likeness (QED) is 0.687. The molecule has 4 heterocycles. The van der Waals surface area contributed by atoms with Crippen LogP contribution in [0, 0.1) is 13.8 Å². The molecule has 1 aliphatic heterocycles. The molecule has 26 heavy (non-hydrogen) atoms. The minimum atomic E-state index is -1.17. The van der Waals surface area contributed by atoms with Crippen LogP contribution in [0.3, 0.4) is 0 Å². The van der Waals surface area contributed by atoms with Gasteiger partial charge in [-0.05, 0) is 26.7 Å². The summed E-state index contributed by atoms with van der Waals surface area (Å²) in [5.74, 6) is 1.25. The Balaban J connectivity index is 1.55. The van der Waals surface area contributed by atoms with Crippen molar-refractivity contribution in [2.24, 2.45) is 7.05 Å². The van der Waals surface area contributed by atoms with Gasteiger partial charge in [-0.2, -0.15) is 4.98 Å². The maximum absolute atomic E-state index is 14.3. The van der Waals surface area contributed by atoms with Crippen LogP contribution in [-0.4, -0.2) is 30.7 Å². The van der Waals surface area contributed by atoms with Gasteiger partial charge in [-0.3, -0.25) is 0 Å². The molecule has 0 N–H and O–H groups in total. The second kappa shape index (κ2) is 5.12. The van der Waals surface area contributed by atoms with E-state index in [0.717, 1.165) is 40.6 Å². The summed E-state index contributed by atoms with van der Waals surface area (Å²) in [4.78, 5) is 24.7. The number of nitrogens with zero attached hydrogens (tertiary/aromatic N) is 6. The zero-order valence-electron chi connectivity index (χ0n) is 14.9. The highest BCUT2D eigenvalue weighted by Gasteiger charge is 2.48. The summed E-state index contributed by atoms with van der Waals surface area (Å²) in [6.45, 7) is 5.33. The Morgan fingerprint density at radius 3 is 2.73 bits per heavy atom. The highest BCUT2D eigenvalue weighted by Crippen LogP contribution is 2.51. The van der Waals surface area contributed by atoms with Crippen LogP contribution in [0.4, 0.5) is 10.2 Å². The molecule has 0 atom stereocenters. The third kappa shape index (κ3) is 2.16. The van der Waals surface area contributed by atoms with Crippen molar-refractivity contribution >= 4 is 22.9 Å². The highest BCUT2D eigenvalue weighted by molar-refractivity contribution is 7.12. The van der Waals surface area contributed by atoms with Crippen LogP contribution in [0.25, 0.3) is 5.78 Å². The molecule has 1 fully saturated rings. The fourth-order valence-electron chi connectivity index (χ4n) is 3.53. The predicted octanol–water partition coefficient (Wildman–Crippen LogP) is 2.02. The van der Waals surface area contributed by atoms with Gasteiger partial charge in [-0.1, -0.05) is 0 Å². The van der Waals surface area contributed by atoms with Gasteiger partial charge in [0.2, 0.25) is 0 Å². The van der Waals surface area contributed by atoms with Gasteiger partial charge in [0.05, 0.1) is 12.2 Å². The summed E-state index contributed by atoms with van der Waals surface area (Å²) < 4.78 is 17.2. The minimum Gasteiger partial charge on any atom is -0.351 e. The number of alkyl halides is 1. The van der Waals surface area contributed by atoms with E-state index in [0.29, 0.717) is 30.2 Å². The van der Waals surface area contributed by atoms with Crippen molar-refractivity contribution in [2.75, 3.05) is 11.4 Å². The van der Waals surface area contributed by atoms with Gasteiger partial charge >= 0.3 is 5.69 Å². The molecule has 7 nitrogen and oxygen atoms in total. The highest BCUT2D eigenvalue weighted by atomic mass is 32.1. The molecule has 0 aromatic carbocycles. The van der Waals surface area contributed by atoms with E-state index in [-0.39, 0.29) is 5.69 Å². The van der Waals surface area contributed by atoms with E-state index in [9.17, 15) is 9.18 Å². The van der Waals surface area contributed by atoms with E-state index >= 15 is 0 Å². The number of fused-ring (bicyclic) bond motifs is 2. The van der Waals surface area contributed by atoms with E-state index in [1.165, 1.54) is 16.0 Å². The van der Waals surface area contributed by atoms with Gasteiger partial charge in [0.1, 0.15) is 10.8 Å². The van der Waals surface area contributed by atoms with Gasteiger partial charge in [0.15, 0.2) is 5.67 Å². The van der Waals surface area contributed by atoms with Crippen molar-refractivity contribution in [1.29, 1.82) is 0 Å². The molecule has 5 rings (SSSR count). The summed E-state index contributed by atoms with van der Waals surface area (Å²) in [5.41, 5.74) is 1.47. The van der Waals surface area contributed by atoms with Gasteiger partial charge in [-0.15, -0.1) is 16.4 Å². The van der Waals surface area contributed by atoms with E-state index in [1.54, 1.807) is 11.4 Å². The summed E-state index contributed by atoms with van der Waals surface area (Å²) in [6, 6.07) is 0. The largest absolute Gasteiger partial charge is 0.351 e. The summed E-state index contributed by atoms with van der Waals surface area (Å²) in [5, 5.41) is 4.87. The number of aromatic nitrogens is 5. The van der Waals surface area contributed by atoms with E-state index in [1.807, 2.05) is 13.8 Å². The van der Waals surface area contributed by atoms with Crippen LogP contribution in [0.2, 0.25) is 0 Å². The lowest BCUT2D eigenvalue weighted by atomic mass is 10.1. The molecule has 9 heteroatoms. The first kappa shape index (κ1) is 15.9. The summed E-state index contributed by atoms with van der Waals surface area (Å²) in [7, 11) is 1.63. The number of hydrogen-bond acceptors (Lipinski definition) is 6. The van der Waals surface area contributed by atoms with Crippen molar-refractivity contribution in [2.45, 2.75) is 45.3 Å². The van der Waals surface area contributed by atoms with E-state index in [4.69, 9.17) is 0 Å². The van der Waals surface area contributed by atoms with Crippen LogP contribution in [0.1, 0.15) is 39.7 Å². The lowest BCUT2D eigenvalue weighted by Crippen LogP contribution is -2.32.